The molecule has 2 saturated heterocycles. The molecule has 2 heterocycles. The van der Waals surface area contributed by atoms with Gasteiger partial charge in [0.2, 0.25) is 11.8 Å². The minimum absolute atomic E-state index is 0.113. The molecule has 0 radical (unpaired) electrons. The van der Waals surface area contributed by atoms with Crippen LogP contribution in [0, 0.1) is 0 Å². The Kier molecular flexibility index (Phi) is 10.6. The summed E-state index contributed by atoms with van der Waals surface area (Å²) in [6.07, 6.45) is -3.68. The van der Waals surface area contributed by atoms with Crippen LogP contribution >= 0.6 is 0 Å². The van der Waals surface area contributed by atoms with Crippen LogP contribution in [0.5, 0.6) is 0 Å². The molecule has 5 rings (SSSR count). The van der Waals surface area contributed by atoms with E-state index in [1.165, 1.54) is 6.92 Å². The molecule has 0 bridgehead atoms. The maximum Gasteiger partial charge on any atom is 0.249 e. The van der Waals surface area contributed by atoms with E-state index in [1.807, 2.05) is 97.9 Å². The molecule has 0 aromatic heterocycles. The molecule has 0 saturated carbocycles. The van der Waals surface area contributed by atoms with Crippen molar-refractivity contribution in [2.75, 3.05) is 6.61 Å². The predicted octanol–water partition coefficient (Wildman–Crippen LogP) is 4.07. The molecule has 43 heavy (non-hydrogen) atoms. The summed E-state index contributed by atoms with van der Waals surface area (Å²) >= 11 is 0. The van der Waals surface area contributed by atoms with Crippen molar-refractivity contribution in [3.63, 3.8) is 0 Å². The number of amides is 2. The number of hydrogen-bond acceptors (Lipinski definition) is 7. The van der Waals surface area contributed by atoms with Gasteiger partial charge < -0.3 is 34.3 Å². The summed E-state index contributed by atoms with van der Waals surface area (Å²) in [6.45, 7) is 5.57. The van der Waals surface area contributed by atoms with Gasteiger partial charge in [0.15, 0.2) is 12.6 Å². The smallest absolute Gasteiger partial charge is 0.249 e. The number of ether oxygens (including phenoxy) is 5. The largest absolute Gasteiger partial charge is 0.360 e. The minimum atomic E-state index is -0.872. The Labute approximate surface area is 252 Å². The Hall–Kier alpha value is -3.60. The van der Waals surface area contributed by atoms with Crippen molar-refractivity contribution in [3.8, 4) is 0 Å². The van der Waals surface area contributed by atoms with Crippen molar-refractivity contribution in [2.45, 2.75) is 82.9 Å². The molecule has 2 N–H and O–H groups in total. The number of carbonyl (C=O) groups excluding carboxylic acids is 2. The Morgan fingerprint density at radius 1 is 0.884 bits per heavy atom. The predicted molar refractivity (Wildman–Crippen MR) is 160 cm³/mol. The summed E-state index contributed by atoms with van der Waals surface area (Å²) in [7, 11) is 0. The van der Waals surface area contributed by atoms with E-state index in [2.05, 4.69) is 10.6 Å². The monoisotopic (exact) mass is 588 g/mol. The SMILES string of the molecule is CC(=O)N[C@H]1[C@@H](OCc2ccccc2)O[C@@H]2CO[C@@H](c3ccccc3)O[C@H]2[C@@H]1OC(C)C(=O)NC(C)Cc1ccccc1. The third-order valence-electron chi connectivity index (χ3n) is 7.54. The Morgan fingerprint density at radius 2 is 1.51 bits per heavy atom. The average Bonchev–Trinajstić information content (AvgIpc) is 3.02. The van der Waals surface area contributed by atoms with Crippen LogP contribution in [0.25, 0.3) is 0 Å². The number of carbonyl (C=O) groups is 2. The normalized spacial score (nSPS) is 26.5. The van der Waals surface area contributed by atoms with Gasteiger partial charge in [-0.15, -0.1) is 0 Å². The topological polar surface area (TPSA) is 104 Å². The molecular formula is C34H40N2O7. The molecule has 8 atom stereocenters. The number of benzene rings is 3. The molecular weight excluding hydrogens is 548 g/mol. The van der Waals surface area contributed by atoms with Gasteiger partial charge in [-0.3, -0.25) is 9.59 Å². The van der Waals surface area contributed by atoms with Crippen LogP contribution in [0.3, 0.4) is 0 Å². The lowest BCUT2D eigenvalue weighted by Gasteiger charge is -2.49. The van der Waals surface area contributed by atoms with Crippen molar-refractivity contribution < 1.29 is 33.3 Å². The lowest BCUT2D eigenvalue weighted by molar-refractivity contribution is -0.351. The fourth-order valence-electron chi connectivity index (χ4n) is 5.47. The third kappa shape index (κ3) is 8.28. The second-order valence-electron chi connectivity index (χ2n) is 11.1. The maximum absolute atomic E-state index is 13.3. The van der Waals surface area contributed by atoms with E-state index in [0.717, 1.165) is 16.7 Å². The van der Waals surface area contributed by atoms with Gasteiger partial charge in [0.25, 0.3) is 0 Å². The summed E-state index contributed by atoms with van der Waals surface area (Å²) in [4.78, 5) is 25.8. The van der Waals surface area contributed by atoms with E-state index in [9.17, 15) is 9.59 Å². The first-order valence-electron chi connectivity index (χ1n) is 14.8. The van der Waals surface area contributed by atoms with Crippen LogP contribution in [0.4, 0.5) is 0 Å². The fraction of sp³-hybridized carbons (Fsp3) is 0.412. The van der Waals surface area contributed by atoms with E-state index in [-0.39, 0.29) is 31.1 Å². The van der Waals surface area contributed by atoms with Gasteiger partial charge in [0, 0.05) is 18.5 Å². The van der Waals surface area contributed by atoms with E-state index in [0.29, 0.717) is 6.42 Å². The lowest BCUT2D eigenvalue weighted by Crippen LogP contribution is -2.68. The van der Waals surface area contributed by atoms with Crippen LogP contribution < -0.4 is 10.6 Å². The second kappa shape index (κ2) is 14.7. The van der Waals surface area contributed by atoms with Crippen LogP contribution in [-0.4, -0.2) is 61.2 Å². The zero-order valence-corrected chi connectivity index (χ0v) is 24.8. The van der Waals surface area contributed by atoms with Gasteiger partial charge in [-0.1, -0.05) is 91.0 Å². The van der Waals surface area contributed by atoms with Gasteiger partial charge in [-0.05, 0) is 31.4 Å². The van der Waals surface area contributed by atoms with Gasteiger partial charge in [-0.25, -0.2) is 0 Å². The van der Waals surface area contributed by atoms with Crippen LogP contribution in [0.2, 0.25) is 0 Å². The fourth-order valence-corrected chi connectivity index (χ4v) is 5.47. The summed E-state index contributed by atoms with van der Waals surface area (Å²) < 4.78 is 31.5. The van der Waals surface area contributed by atoms with Crippen LogP contribution in [-0.2, 0) is 46.3 Å². The van der Waals surface area contributed by atoms with Gasteiger partial charge in [0.1, 0.15) is 30.5 Å². The molecule has 2 amide bonds. The standard InChI is InChI=1S/C34H40N2O7/c1-22(19-25-13-7-4-8-14-25)35-32(38)23(2)41-31-29(36-24(3)37)34(39-20-26-15-9-5-10-16-26)42-28-21-40-33(43-30(28)31)27-17-11-6-12-18-27/h4-18,22-23,28-31,33-34H,19-21H2,1-3H3,(H,35,38)(H,36,37)/t22?,23?,28-,29-,30-,31-,33-,34+/m1/s1. The summed E-state index contributed by atoms with van der Waals surface area (Å²) in [5.74, 6) is -0.546. The number of fused-ring (bicyclic) bond motifs is 1. The first-order valence-corrected chi connectivity index (χ1v) is 14.8. The molecule has 0 spiro atoms. The van der Waals surface area contributed by atoms with Gasteiger partial charge in [0.05, 0.1) is 13.2 Å². The molecule has 2 fully saturated rings. The van der Waals surface area contributed by atoms with E-state index >= 15 is 0 Å². The molecule has 228 valence electrons. The highest BCUT2D eigenvalue weighted by Crippen LogP contribution is 2.36. The average molecular weight is 589 g/mol. The van der Waals surface area contributed by atoms with E-state index < -0.39 is 43.0 Å². The van der Waals surface area contributed by atoms with Crippen molar-refractivity contribution in [2.24, 2.45) is 0 Å². The van der Waals surface area contributed by atoms with E-state index in [4.69, 9.17) is 23.7 Å². The van der Waals surface area contributed by atoms with Crippen molar-refractivity contribution in [3.05, 3.63) is 108 Å². The summed E-state index contributed by atoms with van der Waals surface area (Å²) in [6, 6.07) is 28.4. The highest BCUT2D eigenvalue weighted by atomic mass is 16.8. The molecule has 3 aromatic rings. The van der Waals surface area contributed by atoms with Crippen LogP contribution in [0.15, 0.2) is 91.0 Å². The molecule has 9 heteroatoms. The zero-order valence-electron chi connectivity index (χ0n) is 24.8. The molecule has 2 unspecified atom stereocenters. The van der Waals surface area contributed by atoms with Crippen molar-refractivity contribution in [1.82, 2.24) is 10.6 Å². The lowest BCUT2D eigenvalue weighted by atomic mass is 9.95. The third-order valence-corrected chi connectivity index (χ3v) is 7.54. The molecule has 3 aromatic carbocycles. The summed E-state index contributed by atoms with van der Waals surface area (Å²) in [5, 5.41) is 6.02. The highest BCUT2D eigenvalue weighted by Gasteiger charge is 2.52. The maximum atomic E-state index is 13.3. The Morgan fingerprint density at radius 3 is 2.16 bits per heavy atom. The first kappa shape index (κ1) is 30.8. The Bertz CT molecular complexity index is 1310. The number of rotatable bonds is 11. The summed E-state index contributed by atoms with van der Waals surface area (Å²) in [5.41, 5.74) is 2.93. The minimum Gasteiger partial charge on any atom is -0.360 e. The Balaban J connectivity index is 1.35. The zero-order chi connectivity index (χ0) is 30.2. The molecule has 0 aliphatic carbocycles. The number of hydrogen-bond donors (Lipinski definition) is 2. The van der Waals surface area contributed by atoms with Crippen molar-refractivity contribution in [1.29, 1.82) is 0 Å². The number of nitrogens with one attached hydrogen (secondary N) is 2. The highest BCUT2D eigenvalue weighted by molar-refractivity contribution is 5.80. The van der Waals surface area contributed by atoms with Crippen molar-refractivity contribution >= 4 is 11.8 Å². The quantitative estimate of drug-likeness (QED) is 0.348. The second-order valence-corrected chi connectivity index (χ2v) is 11.1. The van der Waals surface area contributed by atoms with Crippen LogP contribution in [0.1, 0.15) is 43.8 Å². The van der Waals surface area contributed by atoms with E-state index in [1.54, 1.807) is 6.92 Å². The van der Waals surface area contributed by atoms with Gasteiger partial charge >= 0.3 is 0 Å². The molecule has 9 nitrogen and oxygen atoms in total. The molecule has 2 aliphatic rings. The molecule has 2 aliphatic heterocycles. The first-order chi connectivity index (χ1) is 20.9. The van der Waals surface area contributed by atoms with Gasteiger partial charge in [-0.2, -0.15) is 0 Å².